The summed E-state index contributed by atoms with van der Waals surface area (Å²) in [5.74, 6) is 0.625. The average Bonchev–Trinajstić information content (AvgIpc) is 2.29. The van der Waals surface area contributed by atoms with Gasteiger partial charge < -0.3 is 15.2 Å². The molecule has 6 heteroatoms. The molecular weight excluding hydrogens is 300 g/mol. The molecule has 1 atom stereocenters. The van der Waals surface area contributed by atoms with Crippen LogP contribution in [0.2, 0.25) is 0 Å². The van der Waals surface area contributed by atoms with Crippen molar-refractivity contribution < 1.29 is 14.6 Å². The third-order valence-corrected chi connectivity index (χ3v) is 3.04. The second-order valence-corrected chi connectivity index (χ2v) is 4.66. The quantitative estimate of drug-likeness (QED) is 0.895. The van der Waals surface area contributed by atoms with Crippen LogP contribution in [-0.2, 0) is 6.42 Å². The van der Waals surface area contributed by atoms with Gasteiger partial charge in [0.2, 0.25) is 0 Å². The molecule has 96 valence electrons. The lowest BCUT2D eigenvalue weighted by Gasteiger charge is -2.15. The summed E-state index contributed by atoms with van der Waals surface area (Å²) in [6, 6.07) is 5.21. The summed E-state index contributed by atoms with van der Waals surface area (Å²) < 4.78 is 5.87. The normalized spacial score (nSPS) is 11.4. The highest BCUT2D eigenvalue weighted by molar-refractivity contribution is 9.10. The zero-order valence-corrected chi connectivity index (χ0v) is 11.6. The van der Waals surface area contributed by atoms with Crippen LogP contribution < -0.4 is 10.1 Å². The highest BCUT2D eigenvalue weighted by Crippen LogP contribution is 2.28. The summed E-state index contributed by atoms with van der Waals surface area (Å²) >= 11 is 3.28. The SMILES string of the molecule is COc1cc(Br)c(C#N)cc1CC(C)NC(=O)O. The number of nitriles is 1. The summed E-state index contributed by atoms with van der Waals surface area (Å²) in [5, 5.41) is 19.9. The van der Waals surface area contributed by atoms with E-state index in [9.17, 15) is 4.79 Å². The monoisotopic (exact) mass is 312 g/mol. The van der Waals surface area contributed by atoms with E-state index in [2.05, 4.69) is 27.3 Å². The smallest absolute Gasteiger partial charge is 0.404 e. The van der Waals surface area contributed by atoms with Crippen LogP contribution in [0.3, 0.4) is 0 Å². The van der Waals surface area contributed by atoms with Gasteiger partial charge in [-0.05, 0) is 47.0 Å². The molecule has 0 saturated heterocycles. The Labute approximate surface area is 114 Å². The van der Waals surface area contributed by atoms with Gasteiger partial charge in [-0.15, -0.1) is 0 Å². The standard InChI is InChI=1S/C12H13BrN2O3/c1-7(15-12(16)17)3-8-4-9(6-14)10(13)5-11(8)18-2/h4-5,7,15H,3H2,1-2H3,(H,16,17). The number of carboxylic acid groups (broad SMARTS) is 1. The van der Waals surface area contributed by atoms with Crippen molar-refractivity contribution in [3.05, 3.63) is 27.7 Å². The predicted molar refractivity (Wildman–Crippen MR) is 69.7 cm³/mol. The van der Waals surface area contributed by atoms with Gasteiger partial charge in [-0.3, -0.25) is 0 Å². The van der Waals surface area contributed by atoms with Gasteiger partial charge in [0.15, 0.2) is 0 Å². The number of nitrogens with one attached hydrogen (secondary N) is 1. The average molecular weight is 313 g/mol. The van der Waals surface area contributed by atoms with Crippen LogP contribution in [0.15, 0.2) is 16.6 Å². The van der Waals surface area contributed by atoms with Crippen molar-refractivity contribution in [1.29, 1.82) is 5.26 Å². The lowest BCUT2D eigenvalue weighted by Crippen LogP contribution is -2.32. The number of methoxy groups -OCH3 is 1. The Hall–Kier alpha value is -1.74. The van der Waals surface area contributed by atoms with Gasteiger partial charge in [-0.1, -0.05) is 0 Å². The van der Waals surface area contributed by atoms with E-state index in [1.165, 1.54) is 7.11 Å². The first-order valence-electron chi connectivity index (χ1n) is 5.24. The Bertz CT molecular complexity index is 497. The Morgan fingerprint density at radius 3 is 2.83 bits per heavy atom. The van der Waals surface area contributed by atoms with E-state index < -0.39 is 6.09 Å². The molecule has 1 unspecified atom stereocenters. The number of benzene rings is 1. The molecule has 5 nitrogen and oxygen atoms in total. The topological polar surface area (TPSA) is 82.3 Å². The minimum absolute atomic E-state index is 0.260. The van der Waals surface area contributed by atoms with Crippen molar-refractivity contribution in [1.82, 2.24) is 5.32 Å². The molecule has 1 aromatic carbocycles. The zero-order chi connectivity index (χ0) is 13.7. The van der Waals surface area contributed by atoms with E-state index in [-0.39, 0.29) is 6.04 Å². The summed E-state index contributed by atoms with van der Waals surface area (Å²) in [4.78, 5) is 10.5. The number of halogens is 1. The van der Waals surface area contributed by atoms with Gasteiger partial charge in [-0.2, -0.15) is 5.26 Å². The van der Waals surface area contributed by atoms with Gasteiger partial charge in [-0.25, -0.2) is 4.79 Å². The molecule has 0 radical (unpaired) electrons. The molecular formula is C12H13BrN2O3. The van der Waals surface area contributed by atoms with Crippen molar-refractivity contribution in [3.63, 3.8) is 0 Å². The van der Waals surface area contributed by atoms with Gasteiger partial charge in [0.1, 0.15) is 11.8 Å². The lowest BCUT2D eigenvalue weighted by molar-refractivity contribution is 0.190. The van der Waals surface area contributed by atoms with Gasteiger partial charge in [0.05, 0.1) is 12.7 Å². The molecule has 0 aliphatic heterocycles. The van der Waals surface area contributed by atoms with Crippen molar-refractivity contribution in [2.24, 2.45) is 0 Å². The summed E-state index contributed by atoms with van der Waals surface area (Å²) in [6.45, 7) is 1.75. The van der Waals surface area contributed by atoms with E-state index in [0.717, 1.165) is 5.56 Å². The summed E-state index contributed by atoms with van der Waals surface area (Å²) in [7, 11) is 1.53. The molecule has 2 N–H and O–H groups in total. The fourth-order valence-corrected chi connectivity index (χ4v) is 2.04. The fourth-order valence-electron chi connectivity index (χ4n) is 1.63. The van der Waals surface area contributed by atoms with Crippen molar-refractivity contribution in [2.45, 2.75) is 19.4 Å². The number of carbonyl (C=O) groups is 1. The number of nitrogens with zero attached hydrogens (tertiary/aromatic N) is 1. The molecule has 0 fully saturated rings. The highest BCUT2D eigenvalue weighted by atomic mass is 79.9. The first kappa shape index (κ1) is 14.3. The maximum Gasteiger partial charge on any atom is 0.404 e. The van der Waals surface area contributed by atoms with Crippen molar-refractivity contribution in [2.75, 3.05) is 7.11 Å². The molecule has 0 bridgehead atoms. The van der Waals surface area contributed by atoms with E-state index in [4.69, 9.17) is 15.1 Å². The van der Waals surface area contributed by atoms with Gasteiger partial charge in [0, 0.05) is 10.5 Å². The number of hydrogen-bond donors (Lipinski definition) is 2. The van der Waals surface area contributed by atoms with E-state index in [1.54, 1.807) is 19.1 Å². The molecule has 0 aromatic heterocycles. The molecule has 18 heavy (non-hydrogen) atoms. The van der Waals surface area contributed by atoms with E-state index in [1.807, 2.05) is 0 Å². The van der Waals surface area contributed by atoms with Crippen LogP contribution in [0, 0.1) is 11.3 Å². The molecule has 1 aromatic rings. The van der Waals surface area contributed by atoms with Crippen LogP contribution in [0.1, 0.15) is 18.1 Å². The Kier molecular flexibility index (Phi) is 4.98. The van der Waals surface area contributed by atoms with Crippen LogP contribution in [0.4, 0.5) is 4.79 Å². The Morgan fingerprint density at radius 2 is 2.33 bits per heavy atom. The first-order chi connectivity index (χ1) is 8.47. The fraction of sp³-hybridized carbons (Fsp3) is 0.333. The molecule has 0 aliphatic rings. The number of rotatable bonds is 4. The maximum absolute atomic E-state index is 10.5. The molecule has 0 saturated carbocycles. The lowest BCUT2D eigenvalue weighted by atomic mass is 10.0. The molecule has 0 spiro atoms. The van der Waals surface area contributed by atoms with Crippen LogP contribution in [-0.4, -0.2) is 24.4 Å². The van der Waals surface area contributed by atoms with Crippen molar-refractivity contribution >= 4 is 22.0 Å². The summed E-state index contributed by atoms with van der Waals surface area (Å²) in [5.41, 5.74) is 1.28. The minimum Gasteiger partial charge on any atom is -0.496 e. The first-order valence-corrected chi connectivity index (χ1v) is 6.03. The van der Waals surface area contributed by atoms with Crippen LogP contribution >= 0.6 is 15.9 Å². The second kappa shape index (κ2) is 6.26. The van der Waals surface area contributed by atoms with Gasteiger partial charge >= 0.3 is 6.09 Å². The van der Waals surface area contributed by atoms with Gasteiger partial charge in [0.25, 0.3) is 0 Å². The Morgan fingerprint density at radius 1 is 1.67 bits per heavy atom. The number of amides is 1. The maximum atomic E-state index is 10.5. The molecule has 1 rings (SSSR count). The number of hydrogen-bond acceptors (Lipinski definition) is 3. The third kappa shape index (κ3) is 3.64. The van der Waals surface area contributed by atoms with Crippen LogP contribution in [0.25, 0.3) is 0 Å². The van der Waals surface area contributed by atoms with E-state index >= 15 is 0 Å². The molecule has 0 aliphatic carbocycles. The number of ether oxygens (including phenoxy) is 1. The minimum atomic E-state index is -1.07. The molecule has 0 heterocycles. The van der Waals surface area contributed by atoms with E-state index in [0.29, 0.717) is 22.2 Å². The molecule has 1 amide bonds. The predicted octanol–water partition coefficient (Wildman–Crippen LogP) is 2.53. The van der Waals surface area contributed by atoms with Crippen LogP contribution in [0.5, 0.6) is 5.75 Å². The third-order valence-electron chi connectivity index (χ3n) is 2.39. The van der Waals surface area contributed by atoms with Crippen molar-refractivity contribution in [3.8, 4) is 11.8 Å². The summed E-state index contributed by atoms with van der Waals surface area (Å²) in [6.07, 6.45) is -0.615. The Balaban J connectivity index is 3.00. The largest absolute Gasteiger partial charge is 0.496 e. The zero-order valence-electron chi connectivity index (χ0n) is 10.0. The highest BCUT2D eigenvalue weighted by Gasteiger charge is 2.13. The second-order valence-electron chi connectivity index (χ2n) is 3.81.